The number of hydrogen-bond donors (Lipinski definition) is 3. The molecule has 0 aliphatic heterocycles. The van der Waals surface area contributed by atoms with Crippen molar-refractivity contribution in [3.63, 3.8) is 0 Å². The minimum absolute atomic E-state index is 0.0942. The summed E-state index contributed by atoms with van der Waals surface area (Å²) in [4.78, 5) is 20.5. The average molecular weight is 289 g/mol. The first-order valence-corrected chi connectivity index (χ1v) is 5.77. The second kappa shape index (κ2) is 5.78. The second-order valence-electron chi connectivity index (χ2n) is 4.05. The fraction of sp³-hybridized carbons (Fsp3) is 0. The number of nitrogen functional groups attached to an aromatic ring is 1. The normalized spacial score (nSPS) is 9.90. The molecule has 0 radical (unpaired) electrons. The summed E-state index contributed by atoms with van der Waals surface area (Å²) in [5.74, 6) is 0.185. The summed E-state index contributed by atoms with van der Waals surface area (Å²) in [5, 5.41) is 22.1. The number of nitro groups is 1. The maximum absolute atomic E-state index is 10.6. The van der Waals surface area contributed by atoms with Gasteiger partial charge in [-0.3, -0.25) is 10.1 Å². The van der Waals surface area contributed by atoms with Crippen LogP contribution in [0.25, 0.3) is 0 Å². The number of benzene rings is 2. The molecule has 2 aromatic carbocycles. The molecule has 2 aromatic rings. The van der Waals surface area contributed by atoms with Crippen LogP contribution in [-0.2, 0) is 0 Å². The van der Waals surface area contributed by atoms with Gasteiger partial charge < -0.3 is 20.9 Å². The number of non-ortho nitro benzene ring substituents is 1. The first-order chi connectivity index (χ1) is 9.95. The Hall–Kier alpha value is -3.29. The van der Waals surface area contributed by atoms with E-state index in [0.29, 0.717) is 11.4 Å². The van der Waals surface area contributed by atoms with Gasteiger partial charge in [0.2, 0.25) is 0 Å². The number of nitro benzene ring substituents is 1. The summed E-state index contributed by atoms with van der Waals surface area (Å²) in [5.41, 5.74) is 7.01. The summed E-state index contributed by atoms with van der Waals surface area (Å²) in [6.45, 7) is 0. The third-order valence-corrected chi connectivity index (χ3v) is 2.58. The molecule has 0 atom stereocenters. The molecule has 0 aliphatic rings. The largest absolute Gasteiger partial charge is 0.511 e. The van der Waals surface area contributed by atoms with Crippen molar-refractivity contribution >= 4 is 28.9 Å². The van der Waals surface area contributed by atoms with E-state index in [-0.39, 0.29) is 17.1 Å². The zero-order valence-corrected chi connectivity index (χ0v) is 10.6. The van der Waals surface area contributed by atoms with Crippen LogP contribution in [0.15, 0.2) is 42.5 Å². The lowest BCUT2D eigenvalue weighted by molar-refractivity contribution is -0.384. The number of nitrogens with two attached hydrogens (primary N) is 1. The summed E-state index contributed by atoms with van der Waals surface area (Å²) >= 11 is 0. The molecule has 0 spiro atoms. The average Bonchev–Trinajstić information content (AvgIpc) is 2.42. The van der Waals surface area contributed by atoms with Crippen LogP contribution in [0.2, 0.25) is 0 Å². The van der Waals surface area contributed by atoms with E-state index in [0.717, 1.165) is 0 Å². The molecule has 0 aromatic heterocycles. The number of carboxylic acid groups (broad SMARTS) is 1. The highest BCUT2D eigenvalue weighted by Crippen LogP contribution is 2.27. The highest BCUT2D eigenvalue weighted by Gasteiger charge is 2.09. The molecule has 4 N–H and O–H groups in total. The molecule has 0 saturated carbocycles. The zero-order chi connectivity index (χ0) is 15.4. The molecule has 0 heterocycles. The fourth-order valence-electron chi connectivity index (χ4n) is 1.64. The Balaban J connectivity index is 2.14. The van der Waals surface area contributed by atoms with Crippen molar-refractivity contribution in [1.82, 2.24) is 0 Å². The lowest BCUT2D eigenvalue weighted by Gasteiger charge is -2.09. The Morgan fingerprint density at radius 3 is 2.43 bits per heavy atom. The van der Waals surface area contributed by atoms with Gasteiger partial charge in [-0.1, -0.05) is 0 Å². The Morgan fingerprint density at radius 1 is 1.24 bits per heavy atom. The van der Waals surface area contributed by atoms with Gasteiger partial charge in [0.15, 0.2) is 0 Å². The Labute approximate surface area is 118 Å². The molecule has 8 nitrogen and oxygen atoms in total. The molecule has 0 saturated heterocycles. The SMILES string of the molecule is Nc1cc([N+](=O)[O-])ccc1Nc1ccc(OC(=O)O)cc1. The zero-order valence-electron chi connectivity index (χ0n) is 10.6. The van der Waals surface area contributed by atoms with Gasteiger partial charge in [0, 0.05) is 17.8 Å². The number of anilines is 3. The van der Waals surface area contributed by atoms with Crippen molar-refractivity contribution < 1.29 is 19.6 Å². The van der Waals surface area contributed by atoms with Crippen molar-refractivity contribution in [2.75, 3.05) is 11.1 Å². The van der Waals surface area contributed by atoms with E-state index in [4.69, 9.17) is 10.8 Å². The van der Waals surface area contributed by atoms with Crippen molar-refractivity contribution in [2.24, 2.45) is 0 Å². The quantitative estimate of drug-likeness (QED) is 0.259. The Bertz CT molecular complexity index is 685. The van der Waals surface area contributed by atoms with E-state index >= 15 is 0 Å². The number of nitrogens with one attached hydrogen (secondary N) is 1. The van der Waals surface area contributed by atoms with Crippen LogP contribution in [-0.4, -0.2) is 16.2 Å². The monoisotopic (exact) mass is 289 g/mol. The molecule has 21 heavy (non-hydrogen) atoms. The van der Waals surface area contributed by atoms with Gasteiger partial charge in [0.25, 0.3) is 5.69 Å². The molecule has 2 rings (SSSR count). The molecule has 0 unspecified atom stereocenters. The molecular weight excluding hydrogens is 278 g/mol. The highest BCUT2D eigenvalue weighted by atomic mass is 16.7. The minimum Gasteiger partial charge on any atom is -0.449 e. The minimum atomic E-state index is -1.39. The van der Waals surface area contributed by atoms with Crippen molar-refractivity contribution in [3.8, 4) is 5.75 Å². The topological polar surface area (TPSA) is 128 Å². The van der Waals surface area contributed by atoms with Crippen LogP contribution < -0.4 is 15.8 Å². The van der Waals surface area contributed by atoms with Crippen molar-refractivity contribution in [3.05, 3.63) is 52.6 Å². The Morgan fingerprint density at radius 2 is 1.90 bits per heavy atom. The first-order valence-electron chi connectivity index (χ1n) is 5.77. The molecular formula is C13H11N3O5. The van der Waals surface area contributed by atoms with Gasteiger partial charge >= 0.3 is 6.16 Å². The van der Waals surface area contributed by atoms with Gasteiger partial charge in [-0.2, -0.15) is 0 Å². The second-order valence-corrected chi connectivity index (χ2v) is 4.05. The smallest absolute Gasteiger partial charge is 0.449 e. The maximum atomic E-state index is 10.6. The molecule has 8 heteroatoms. The molecule has 0 fully saturated rings. The maximum Gasteiger partial charge on any atom is 0.511 e. The Kier molecular flexibility index (Phi) is 3.89. The van der Waals surface area contributed by atoms with E-state index in [1.165, 1.54) is 30.3 Å². The molecule has 0 bridgehead atoms. The molecule has 0 aliphatic carbocycles. The van der Waals surface area contributed by atoms with Gasteiger partial charge in [0.05, 0.1) is 16.3 Å². The number of rotatable bonds is 4. The molecule has 0 amide bonds. The van der Waals surface area contributed by atoms with Gasteiger partial charge in [-0.25, -0.2) is 4.79 Å². The van der Waals surface area contributed by atoms with Crippen LogP contribution in [0.5, 0.6) is 5.75 Å². The van der Waals surface area contributed by atoms with E-state index in [1.54, 1.807) is 12.1 Å². The number of hydrogen-bond acceptors (Lipinski definition) is 6. The third kappa shape index (κ3) is 3.60. The summed E-state index contributed by atoms with van der Waals surface area (Å²) < 4.78 is 4.47. The predicted molar refractivity (Wildman–Crippen MR) is 75.9 cm³/mol. The fourth-order valence-corrected chi connectivity index (χ4v) is 1.64. The van der Waals surface area contributed by atoms with Crippen LogP contribution in [0, 0.1) is 10.1 Å². The number of carbonyl (C=O) groups is 1. The highest BCUT2D eigenvalue weighted by molar-refractivity contribution is 5.75. The third-order valence-electron chi connectivity index (χ3n) is 2.58. The lowest BCUT2D eigenvalue weighted by Crippen LogP contribution is -2.03. The number of ether oxygens (including phenoxy) is 1. The van der Waals surface area contributed by atoms with E-state index in [9.17, 15) is 14.9 Å². The predicted octanol–water partition coefficient (Wildman–Crippen LogP) is 2.98. The van der Waals surface area contributed by atoms with Crippen LogP contribution in [0.3, 0.4) is 0 Å². The van der Waals surface area contributed by atoms with Crippen LogP contribution in [0.1, 0.15) is 0 Å². The van der Waals surface area contributed by atoms with E-state index < -0.39 is 11.1 Å². The summed E-state index contributed by atoms with van der Waals surface area (Å²) in [6, 6.07) is 10.2. The summed E-state index contributed by atoms with van der Waals surface area (Å²) in [6.07, 6.45) is -1.39. The van der Waals surface area contributed by atoms with Crippen LogP contribution in [0.4, 0.5) is 27.5 Å². The van der Waals surface area contributed by atoms with Gasteiger partial charge in [0.1, 0.15) is 5.75 Å². The standard InChI is InChI=1S/C13H11N3O5/c14-11-7-9(16(19)20)3-6-12(11)15-8-1-4-10(5-2-8)21-13(17)18/h1-7,15H,14H2,(H,17,18). The van der Waals surface area contributed by atoms with Crippen molar-refractivity contribution in [1.29, 1.82) is 0 Å². The van der Waals surface area contributed by atoms with E-state index in [2.05, 4.69) is 10.1 Å². The van der Waals surface area contributed by atoms with Gasteiger partial charge in [-0.05, 0) is 30.3 Å². The van der Waals surface area contributed by atoms with Crippen LogP contribution >= 0.6 is 0 Å². The molecule has 108 valence electrons. The van der Waals surface area contributed by atoms with Crippen molar-refractivity contribution in [2.45, 2.75) is 0 Å². The van der Waals surface area contributed by atoms with Gasteiger partial charge in [-0.15, -0.1) is 0 Å². The van der Waals surface area contributed by atoms with E-state index in [1.807, 2.05) is 0 Å². The summed E-state index contributed by atoms with van der Waals surface area (Å²) in [7, 11) is 0. The number of nitrogens with zero attached hydrogens (tertiary/aromatic N) is 1. The first kappa shape index (κ1) is 14.1. The lowest BCUT2D eigenvalue weighted by atomic mass is 10.2.